The number of aromatic nitrogens is 4. The zero-order valence-corrected chi connectivity index (χ0v) is 17.4. The molecular weight excluding hydrogens is 400 g/mol. The Kier molecular flexibility index (Phi) is 4.78. The summed E-state index contributed by atoms with van der Waals surface area (Å²) in [6.45, 7) is 1.92. The maximum absolute atomic E-state index is 13.1. The average molecular weight is 420 g/mol. The van der Waals surface area contributed by atoms with Crippen molar-refractivity contribution in [1.29, 1.82) is 0 Å². The highest BCUT2D eigenvalue weighted by molar-refractivity contribution is 7.16. The lowest BCUT2D eigenvalue weighted by atomic mass is 9.90. The summed E-state index contributed by atoms with van der Waals surface area (Å²) in [7, 11) is 0. The molecule has 7 nitrogen and oxygen atoms in total. The molecular formula is C22H20N4O3S. The van der Waals surface area contributed by atoms with Crippen LogP contribution < -0.4 is 5.56 Å². The van der Waals surface area contributed by atoms with Crippen molar-refractivity contribution in [2.45, 2.75) is 45.6 Å². The molecule has 0 saturated carbocycles. The maximum atomic E-state index is 13.1. The maximum Gasteiger partial charge on any atom is 0.339 e. The number of carbonyl (C=O) groups is 1. The van der Waals surface area contributed by atoms with Crippen LogP contribution in [0.1, 0.15) is 52.1 Å². The van der Waals surface area contributed by atoms with Crippen molar-refractivity contribution in [2.75, 3.05) is 0 Å². The van der Waals surface area contributed by atoms with Crippen LogP contribution in [0.4, 0.5) is 0 Å². The van der Waals surface area contributed by atoms with Gasteiger partial charge in [0.05, 0.1) is 16.8 Å². The molecule has 0 unspecified atom stereocenters. The van der Waals surface area contributed by atoms with Crippen molar-refractivity contribution in [2.24, 2.45) is 0 Å². The first-order chi connectivity index (χ1) is 14.6. The number of hydrogen-bond donors (Lipinski definition) is 0. The highest BCUT2D eigenvalue weighted by Crippen LogP contribution is 2.30. The van der Waals surface area contributed by atoms with Crippen LogP contribution in [-0.2, 0) is 30.6 Å². The topological polar surface area (TPSA) is 86.5 Å². The van der Waals surface area contributed by atoms with E-state index < -0.39 is 5.97 Å². The van der Waals surface area contributed by atoms with Gasteiger partial charge in [0.2, 0.25) is 4.96 Å². The van der Waals surface area contributed by atoms with Crippen LogP contribution in [0.5, 0.6) is 0 Å². The Bertz CT molecular complexity index is 1340. The molecule has 0 bridgehead atoms. The van der Waals surface area contributed by atoms with E-state index in [9.17, 15) is 9.59 Å². The number of nitrogens with zero attached hydrogens (tertiary/aromatic N) is 4. The minimum atomic E-state index is -0.396. The SMILES string of the molecule is CCc1nn2c(=O)cc(COC(=O)c3c4c(nc5ccccc35)CCCC4)nc2s1. The Morgan fingerprint density at radius 1 is 1.20 bits per heavy atom. The first-order valence-electron chi connectivity index (χ1n) is 10.1. The zero-order valence-electron chi connectivity index (χ0n) is 16.6. The van der Waals surface area contributed by atoms with E-state index in [4.69, 9.17) is 9.72 Å². The molecule has 30 heavy (non-hydrogen) atoms. The summed E-state index contributed by atoms with van der Waals surface area (Å²) in [5.74, 6) is -0.396. The Balaban J connectivity index is 1.48. The van der Waals surface area contributed by atoms with Gasteiger partial charge in [-0.2, -0.15) is 9.61 Å². The van der Waals surface area contributed by atoms with Gasteiger partial charge in [-0.25, -0.2) is 9.78 Å². The fourth-order valence-electron chi connectivity index (χ4n) is 3.93. The number of carbonyl (C=O) groups excluding carboxylic acids is 1. The lowest BCUT2D eigenvalue weighted by Gasteiger charge is -2.19. The molecule has 1 aliphatic carbocycles. The van der Waals surface area contributed by atoms with Gasteiger partial charge in [0.15, 0.2) is 0 Å². The van der Waals surface area contributed by atoms with Gasteiger partial charge in [-0.3, -0.25) is 9.78 Å². The van der Waals surface area contributed by atoms with Crippen molar-refractivity contribution < 1.29 is 9.53 Å². The number of esters is 1. The van der Waals surface area contributed by atoms with Crippen LogP contribution >= 0.6 is 11.3 Å². The summed E-state index contributed by atoms with van der Waals surface area (Å²) in [6.07, 6.45) is 4.55. The van der Waals surface area contributed by atoms with Crippen molar-refractivity contribution in [3.8, 4) is 0 Å². The minimum absolute atomic E-state index is 0.0602. The number of benzene rings is 1. The summed E-state index contributed by atoms with van der Waals surface area (Å²) in [5.41, 5.74) is 3.53. The standard InChI is InChI=1S/C22H20N4O3S/c1-2-18-25-26-19(27)11-13(23-22(26)30-18)12-29-21(28)20-14-7-3-5-9-16(14)24-17-10-6-4-8-15(17)20/h3,5,7,9,11H,2,4,6,8,10,12H2,1H3. The van der Waals surface area contributed by atoms with Gasteiger partial charge in [-0.05, 0) is 43.7 Å². The van der Waals surface area contributed by atoms with Crippen LogP contribution in [0.25, 0.3) is 15.9 Å². The fraction of sp³-hybridized carbons (Fsp3) is 0.318. The number of para-hydroxylation sites is 1. The van der Waals surface area contributed by atoms with Gasteiger partial charge in [0, 0.05) is 17.1 Å². The number of fused-ring (bicyclic) bond motifs is 3. The molecule has 0 aliphatic heterocycles. The first-order valence-corrected chi connectivity index (χ1v) is 10.9. The van der Waals surface area contributed by atoms with Crippen molar-refractivity contribution >= 4 is 33.2 Å². The molecule has 3 heterocycles. The van der Waals surface area contributed by atoms with Crippen LogP contribution in [0.3, 0.4) is 0 Å². The van der Waals surface area contributed by atoms with Gasteiger partial charge >= 0.3 is 5.97 Å². The molecule has 0 N–H and O–H groups in total. The Labute approximate surface area is 176 Å². The second kappa shape index (κ2) is 7.60. The van der Waals surface area contributed by atoms with Gasteiger partial charge in [-0.15, -0.1) is 0 Å². The van der Waals surface area contributed by atoms with Crippen molar-refractivity contribution in [3.05, 3.63) is 68.2 Å². The Hall–Kier alpha value is -3.13. The summed E-state index contributed by atoms with van der Waals surface area (Å²) < 4.78 is 6.93. The highest BCUT2D eigenvalue weighted by atomic mass is 32.1. The van der Waals surface area contributed by atoms with Crippen molar-refractivity contribution in [1.82, 2.24) is 19.6 Å². The number of aryl methyl sites for hydroxylation is 2. The molecule has 0 radical (unpaired) electrons. The fourth-order valence-corrected chi connectivity index (χ4v) is 4.79. The van der Waals surface area contributed by atoms with Gasteiger partial charge in [0.1, 0.15) is 11.6 Å². The van der Waals surface area contributed by atoms with E-state index in [0.717, 1.165) is 59.3 Å². The van der Waals surface area contributed by atoms with E-state index in [1.807, 2.05) is 31.2 Å². The van der Waals surface area contributed by atoms with Crippen LogP contribution in [0.15, 0.2) is 35.1 Å². The lowest BCUT2D eigenvalue weighted by Crippen LogP contribution is -2.18. The monoisotopic (exact) mass is 420 g/mol. The predicted molar refractivity (Wildman–Crippen MR) is 114 cm³/mol. The predicted octanol–water partition coefficient (Wildman–Crippen LogP) is 3.50. The second-order valence-electron chi connectivity index (χ2n) is 7.34. The quantitative estimate of drug-likeness (QED) is 0.470. The van der Waals surface area contributed by atoms with Crippen LogP contribution in [-0.4, -0.2) is 25.6 Å². The Morgan fingerprint density at radius 3 is 2.90 bits per heavy atom. The number of rotatable bonds is 4. The molecule has 1 aromatic carbocycles. The van der Waals surface area contributed by atoms with Crippen molar-refractivity contribution in [3.63, 3.8) is 0 Å². The molecule has 3 aromatic heterocycles. The summed E-state index contributed by atoms with van der Waals surface area (Å²) in [6, 6.07) is 9.04. The summed E-state index contributed by atoms with van der Waals surface area (Å²) in [4.78, 5) is 35.2. The largest absolute Gasteiger partial charge is 0.456 e. The third-order valence-electron chi connectivity index (χ3n) is 5.37. The molecule has 1 aliphatic rings. The molecule has 0 amide bonds. The summed E-state index contributed by atoms with van der Waals surface area (Å²) >= 11 is 1.37. The molecule has 0 fully saturated rings. The van der Waals surface area contributed by atoms with Crippen LogP contribution in [0, 0.1) is 0 Å². The van der Waals surface area contributed by atoms with E-state index in [-0.39, 0.29) is 12.2 Å². The highest BCUT2D eigenvalue weighted by Gasteiger charge is 2.23. The second-order valence-corrected chi connectivity index (χ2v) is 8.38. The molecule has 8 heteroatoms. The van der Waals surface area contributed by atoms with E-state index in [0.29, 0.717) is 16.2 Å². The first kappa shape index (κ1) is 18.9. The van der Waals surface area contributed by atoms with E-state index >= 15 is 0 Å². The van der Waals surface area contributed by atoms with E-state index in [1.165, 1.54) is 21.9 Å². The van der Waals surface area contributed by atoms with E-state index in [1.54, 1.807) is 0 Å². The number of ether oxygens (including phenoxy) is 1. The normalized spacial score (nSPS) is 13.5. The van der Waals surface area contributed by atoms with Gasteiger partial charge in [0.25, 0.3) is 5.56 Å². The average Bonchev–Trinajstić information content (AvgIpc) is 3.20. The molecule has 0 spiro atoms. The molecule has 4 aromatic rings. The third-order valence-corrected chi connectivity index (χ3v) is 6.42. The molecule has 0 atom stereocenters. The molecule has 0 saturated heterocycles. The van der Waals surface area contributed by atoms with Gasteiger partial charge < -0.3 is 4.74 Å². The van der Waals surface area contributed by atoms with Gasteiger partial charge in [-0.1, -0.05) is 36.5 Å². The third kappa shape index (κ3) is 3.27. The summed E-state index contributed by atoms with van der Waals surface area (Å²) in [5, 5.41) is 5.89. The smallest absolute Gasteiger partial charge is 0.339 e. The van der Waals surface area contributed by atoms with Crippen LogP contribution in [0.2, 0.25) is 0 Å². The number of pyridine rings is 1. The minimum Gasteiger partial charge on any atom is -0.456 e. The zero-order chi connectivity index (χ0) is 20.7. The number of hydrogen-bond acceptors (Lipinski definition) is 7. The van der Waals surface area contributed by atoms with E-state index in [2.05, 4.69) is 10.1 Å². The molecule has 5 rings (SSSR count). The Morgan fingerprint density at radius 2 is 2.03 bits per heavy atom. The molecule has 152 valence electrons. The lowest BCUT2D eigenvalue weighted by molar-refractivity contribution is 0.0468.